The van der Waals surface area contributed by atoms with Crippen LogP contribution in [-0.2, 0) is 6.42 Å². The average Bonchev–Trinajstić information content (AvgIpc) is 3.06. The maximum atomic E-state index is 14.5. The number of halogens is 3. The van der Waals surface area contributed by atoms with Gasteiger partial charge in [-0.2, -0.15) is 0 Å². The van der Waals surface area contributed by atoms with Gasteiger partial charge in [-0.3, -0.25) is 14.0 Å². The van der Waals surface area contributed by atoms with E-state index in [-0.39, 0.29) is 27.2 Å². The van der Waals surface area contributed by atoms with Crippen LogP contribution in [0.15, 0.2) is 35.3 Å². The number of piperidine rings is 1. The van der Waals surface area contributed by atoms with E-state index in [9.17, 15) is 14.0 Å². The van der Waals surface area contributed by atoms with Gasteiger partial charge in [0.25, 0.3) is 11.5 Å². The summed E-state index contributed by atoms with van der Waals surface area (Å²) in [5.41, 5.74) is 1.45. The molecule has 30 heavy (non-hydrogen) atoms. The van der Waals surface area contributed by atoms with Crippen LogP contribution >= 0.6 is 23.2 Å². The molecular weight excluding hydrogens is 430 g/mol. The van der Waals surface area contributed by atoms with E-state index in [0.29, 0.717) is 36.8 Å². The number of aromatic nitrogens is 2. The molecule has 0 bridgehead atoms. The van der Waals surface area contributed by atoms with Crippen molar-refractivity contribution in [2.24, 2.45) is 0 Å². The van der Waals surface area contributed by atoms with Crippen LogP contribution in [0.4, 0.5) is 4.39 Å². The van der Waals surface area contributed by atoms with Crippen molar-refractivity contribution in [3.8, 4) is 0 Å². The Hall–Kier alpha value is -2.35. The molecule has 0 saturated carbocycles. The van der Waals surface area contributed by atoms with Gasteiger partial charge < -0.3 is 15.2 Å². The second-order valence-corrected chi connectivity index (χ2v) is 8.22. The molecule has 9 heteroatoms. The van der Waals surface area contributed by atoms with Gasteiger partial charge in [0.05, 0.1) is 10.6 Å². The van der Waals surface area contributed by atoms with E-state index in [2.05, 4.69) is 10.3 Å². The number of hydrogen-bond donors (Lipinski definition) is 2. The van der Waals surface area contributed by atoms with Crippen molar-refractivity contribution < 1.29 is 9.18 Å². The summed E-state index contributed by atoms with van der Waals surface area (Å²) in [6, 6.07) is 6.37. The predicted molar refractivity (Wildman–Crippen MR) is 115 cm³/mol. The average molecular weight is 451 g/mol. The molecule has 1 aliphatic heterocycles. The van der Waals surface area contributed by atoms with Crippen LogP contribution < -0.4 is 10.9 Å². The van der Waals surface area contributed by atoms with Crippen molar-refractivity contribution in [1.82, 2.24) is 19.6 Å². The lowest BCUT2D eigenvalue weighted by molar-refractivity contribution is 0.0702. The van der Waals surface area contributed by atoms with Gasteiger partial charge in [-0.05, 0) is 43.7 Å². The molecule has 0 spiro atoms. The molecule has 4 rings (SSSR count). The summed E-state index contributed by atoms with van der Waals surface area (Å²) >= 11 is 12.4. The first-order chi connectivity index (χ1) is 14.4. The highest BCUT2D eigenvalue weighted by molar-refractivity contribution is 6.42. The molecule has 2 aromatic heterocycles. The number of amides is 1. The third kappa shape index (κ3) is 3.85. The molecule has 1 fully saturated rings. The highest BCUT2D eigenvalue weighted by atomic mass is 35.5. The molecule has 1 saturated heterocycles. The minimum absolute atomic E-state index is 0.0488. The highest BCUT2D eigenvalue weighted by Crippen LogP contribution is 2.27. The Labute approximate surface area is 182 Å². The third-order valence-corrected chi connectivity index (χ3v) is 6.38. The fraction of sp³-hybridized carbons (Fsp3) is 0.333. The number of fused-ring (bicyclic) bond motifs is 1. The molecule has 0 atom stereocenters. The van der Waals surface area contributed by atoms with Gasteiger partial charge in [-0.15, -0.1) is 0 Å². The number of benzene rings is 1. The highest BCUT2D eigenvalue weighted by Gasteiger charge is 2.25. The lowest BCUT2D eigenvalue weighted by atomic mass is 10.0. The summed E-state index contributed by atoms with van der Waals surface area (Å²) in [5, 5.41) is 3.72. The quantitative estimate of drug-likeness (QED) is 0.638. The van der Waals surface area contributed by atoms with Crippen LogP contribution in [0.2, 0.25) is 10.2 Å². The van der Waals surface area contributed by atoms with Gasteiger partial charge in [0.15, 0.2) is 0 Å². The molecule has 0 aliphatic carbocycles. The number of carbonyl (C=O) groups is 1. The summed E-state index contributed by atoms with van der Waals surface area (Å²) in [6.45, 7) is 1.18. The number of nitrogens with zero attached hydrogens (tertiary/aromatic N) is 2. The largest absolute Gasteiger partial charge is 0.338 e. The third-order valence-electron chi connectivity index (χ3n) is 5.62. The Bertz CT molecular complexity index is 1170. The zero-order valence-corrected chi connectivity index (χ0v) is 17.9. The lowest BCUT2D eigenvalue weighted by Gasteiger charge is -2.32. The van der Waals surface area contributed by atoms with Gasteiger partial charge >= 0.3 is 0 Å². The molecule has 0 radical (unpaired) electrons. The molecule has 6 nitrogen and oxygen atoms in total. The normalized spacial score (nSPS) is 15.1. The van der Waals surface area contributed by atoms with E-state index < -0.39 is 5.82 Å². The van der Waals surface area contributed by atoms with E-state index in [1.807, 2.05) is 7.05 Å². The standard InChI is InChI=1S/C21H21Cl2FN4O2/c1-25-13-4-6-27(7-5-13)21(30)15-9-12(2-3-17(15)24)8-14-11-26-20(29)18-10-16(22)19(23)28(14)18/h2-3,9-11,13,25H,4-8H2,1H3,(H,26,29). The van der Waals surface area contributed by atoms with Gasteiger partial charge in [-0.25, -0.2) is 4.39 Å². The van der Waals surface area contributed by atoms with Crippen LogP contribution in [0, 0.1) is 5.82 Å². The van der Waals surface area contributed by atoms with E-state index >= 15 is 0 Å². The zero-order chi connectivity index (χ0) is 21.4. The smallest absolute Gasteiger partial charge is 0.272 e. The van der Waals surface area contributed by atoms with Crippen molar-refractivity contribution in [3.05, 3.63) is 73.6 Å². The molecular formula is C21H21Cl2FN4O2. The van der Waals surface area contributed by atoms with Crippen LogP contribution in [0.3, 0.4) is 0 Å². The van der Waals surface area contributed by atoms with Gasteiger partial charge in [0.1, 0.15) is 16.5 Å². The number of carbonyl (C=O) groups excluding carboxylic acids is 1. The molecule has 1 aromatic carbocycles. The van der Waals surface area contributed by atoms with E-state index in [4.69, 9.17) is 23.2 Å². The maximum Gasteiger partial charge on any atom is 0.272 e. The molecule has 3 heterocycles. The number of rotatable bonds is 4. The van der Waals surface area contributed by atoms with E-state index in [1.54, 1.807) is 27.6 Å². The molecule has 0 unspecified atom stereocenters. The number of H-pyrrole nitrogens is 1. The Morgan fingerprint density at radius 3 is 2.70 bits per heavy atom. The van der Waals surface area contributed by atoms with Crippen LogP contribution in [0.5, 0.6) is 0 Å². The SMILES string of the molecule is CNC1CCN(C(=O)c2cc(Cc3c[nH]c(=O)c4cc(Cl)c(Cl)n34)ccc2F)CC1. The molecule has 2 N–H and O–H groups in total. The summed E-state index contributed by atoms with van der Waals surface area (Å²) in [4.78, 5) is 29.3. The minimum atomic E-state index is -0.548. The van der Waals surface area contributed by atoms with Crippen LogP contribution in [0.25, 0.3) is 5.52 Å². The number of likely N-dealkylation sites (tertiary alicyclic amines) is 1. The minimum Gasteiger partial charge on any atom is -0.338 e. The van der Waals surface area contributed by atoms with Crippen molar-refractivity contribution >= 4 is 34.6 Å². The Kier molecular flexibility index (Phi) is 5.86. The number of nitrogens with one attached hydrogen (secondary N) is 2. The Balaban J connectivity index is 1.63. The first-order valence-electron chi connectivity index (χ1n) is 9.71. The summed E-state index contributed by atoms with van der Waals surface area (Å²) in [5.74, 6) is -0.856. The second-order valence-electron chi connectivity index (χ2n) is 7.46. The van der Waals surface area contributed by atoms with Gasteiger partial charge in [0.2, 0.25) is 0 Å². The molecule has 1 amide bonds. The predicted octanol–water partition coefficient (Wildman–Crippen LogP) is 3.49. The first kappa shape index (κ1) is 20.9. The molecule has 158 valence electrons. The molecule has 3 aromatic rings. The van der Waals surface area contributed by atoms with E-state index in [1.165, 1.54) is 12.1 Å². The van der Waals surface area contributed by atoms with Crippen molar-refractivity contribution in [2.75, 3.05) is 20.1 Å². The summed E-state index contributed by atoms with van der Waals surface area (Å²) in [6.07, 6.45) is 3.56. The molecule has 1 aliphatic rings. The van der Waals surface area contributed by atoms with Crippen molar-refractivity contribution in [1.29, 1.82) is 0 Å². The topological polar surface area (TPSA) is 69.6 Å². The van der Waals surface area contributed by atoms with Crippen LogP contribution in [0.1, 0.15) is 34.5 Å². The fourth-order valence-electron chi connectivity index (χ4n) is 3.92. The zero-order valence-electron chi connectivity index (χ0n) is 16.3. The fourth-order valence-corrected chi connectivity index (χ4v) is 4.36. The van der Waals surface area contributed by atoms with Gasteiger partial charge in [-0.1, -0.05) is 29.3 Å². The first-order valence-corrected chi connectivity index (χ1v) is 10.5. The summed E-state index contributed by atoms with van der Waals surface area (Å²) in [7, 11) is 1.91. The van der Waals surface area contributed by atoms with Crippen molar-refractivity contribution in [2.45, 2.75) is 25.3 Å². The van der Waals surface area contributed by atoms with Crippen LogP contribution in [-0.4, -0.2) is 46.4 Å². The lowest BCUT2D eigenvalue weighted by Crippen LogP contribution is -2.44. The monoisotopic (exact) mass is 450 g/mol. The second kappa shape index (κ2) is 8.41. The Morgan fingerprint density at radius 1 is 1.27 bits per heavy atom. The van der Waals surface area contributed by atoms with E-state index in [0.717, 1.165) is 18.4 Å². The van der Waals surface area contributed by atoms with Crippen molar-refractivity contribution in [3.63, 3.8) is 0 Å². The summed E-state index contributed by atoms with van der Waals surface area (Å²) < 4.78 is 16.0. The number of aromatic amines is 1. The maximum absolute atomic E-state index is 14.5. The number of hydrogen-bond acceptors (Lipinski definition) is 3. The Morgan fingerprint density at radius 2 is 2.00 bits per heavy atom. The van der Waals surface area contributed by atoms with Gasteiger partial charge in [0, 0.05) is 37.4 Å².